The second-order valence-corrected chi connectivity index (χ2v) is 6.78. The fourth-order valence-corrected chi connectivity index (χ4v) is 3.80. The molecule has 9 nitrogen and oxygen atoms in total. The molecule has 140 valence electrons. The number of anilines is 1. The molecule has 2 atom stereocenters. The Kier molecular flexibility index (Phi) is 3.69. The zero-order valence-corrected chi connectivity index (χ0v) is 15.3. The Morgan fingerprint density at radius 2 is 1.81 bits per heavy atom. The van der Waals surface area contributed by atoms with Gasteiger partial charge in [0.1, 0.15) is 6.54 Å². The van der Waals surface area contributed by atoms with E-state index in [9.17, 15) is 14.4 Å². The quantitative estimate of drug-likeness (QED) is 0.837. The summed E-state index contributed by atoms with van der Waals surface area (Å²) < 4.78 is 0. The lowest BCUT2D eigenvalue weighted by atomic mass is 10.1. The molecule has 0 aromatic heterocycles. The van der Waals surface area contributed by atoms with Crippen molar-refractivity contribution in [2.24, 2.45) is 10.7 Å². The zero-order valence-electron chi connectivity index (χ0n) is 15.3. The number of amides is 4. The van der Waals surface area contributed by atoms with Crippen LogP contribution in [-0.4, -0.2) is 64.3 Å². The standard InChI is InChI=1S/C18H20N6O3/c1-10-11(2)24-14-15(20-17(24)23(10)12-7-5-4-6-8-12)21(3)18(27)22(16(14)26)9-13(19)25/h4-8,14-15H,9H2,1-3H3,(H2,19,25). The lowest BCUT2D eigenvalue weighted by Crippen LogP contribution is -2.65. The van der Waals surface area contributed by atoms with Crippen molar-refractivity contribution in [2.45, 2.75) is 26.1 Å². The minimum absolute atomic E-state index is 0.446. The first-order valence-electron chi connectivity index (χ1n) is 8.59. The van der Waals surface area contributed by atoms with E-state index in [4.69, 9.17) is 10.7 Å². The van der Waals surface area contributed by atoms with Gasteiger partial charge in [-0.1, -0.05) is 18.2 Å². The molecule has 27 heavy (non-hydrogen) atoms. The van der Waals surface area contributed by atoms with Crippen LogP contribution in [0.15, 0.2) is 46.7 Å². The average molecular weight is 368 g/mol. The summed E-state index contributed by atoms with van der Waals surface area (Å²) in [5.74, 6) is -0.610. The minimum Gasteiger partial charge on any atom is -0.368 e. The van der Waals surface area contributed by atoms with E-state index in [-0.39, 0.29) is 0 Å². The van der Waals surface area contributed by atoms with E-state index in [0.29, 0.717) is 5.96 Å². The highest BCUT2D eigenvalue weighted by Crippen LogP contribution is 2.39. The van der Waals surface area contributed by atoms with Gasteiger partial charge in [0.2, 0.25) is 11.9 Å². The van der Waals surface area contributed by atoms with Crippen LogP contribution in [0.1, 0.15) is 13.8 Å². The van der Waals surface area contributed by atoms with Crippen molar-refractivity contribution in [3.63, 3.8) is 0 Å². The molecule has 3 heterocycles. The Hall–Kier alpha value is -3.36. The number of primary amides is 1. The highest BCUT2D eigenvalue weighted by atomic mass is 16.2. The van der Waals surface area contributed by atoms with Gasteiger partial charge in [-0.3, -0.25) is 24.3 Å². The monoisotopic (exact) mass is 368 g/mol. The number of allylic oxidation sites excluding steroid dienone is 2. The van der Waals surface area contributed by atoms with Crippen LogP contribution in [-0.2, 0) is 9.59 Å². The van der Waals surface area contributed by atoms with Crippen molar-refractivity contribution in [3.8, 4) is 0 Å². The summed E-state index contributed by atoms with van der Waals surface area (Å²) in [5.41, 5.74) is 7.97. The first kappa shape index (κ1) is 17.1. The van der Waals surface area contributed by atoms with Crippen LogP contribution in [0.2, 0.25) is 0 Å². The van der Waals surface area contributed by atoms with Crippen molar-refractivity contribution in [1.82, 2.24) is 14.7 Å². The van der Waals surface area contributed by atoms with E-state index >= 15 is 0 Å². The largest absolute Gasteiger partial charge is 0.368 e. The second-order valence-electron chi connectivity index (χ2n) is 6.78. The van der Waals surface area contributed by atoms with Gasteiger partial charge in [0, 0.05) is 24.1 Å². The molecule has 9 heteroatoms. The molecule has 2 N–H and O–H groups in total. The van der Waals surface area contributed by atoms with Gasteiger partial charge in [0.05, 0.1) is 0 Å². The molecule has 0 spiro atoms. The maximum atomic E-state index is 13.1. The Morgan fingerprint density at radius 1 is 1.15 bits per heavy atom. The highest BCUT2D eigenvalue weighted by molar-refractivity contribution is 6.11. The number of imide groups is 1. The topological polar surface area (TPSA) is 103 Å². The van der Waals surface area contributed by atoms with Gasteiger partial charge < -0.3 is 10.6 Å². The van der Waals surface area contributed by atoms with Gasteiger partial charge in [-0.2, -0.15) is 0 Å². The molecule has 2 unspecified atom stereocenters. The molecular formula is C18H20N6O3. The summed E-state index contributed by atoms with van der Waals surface area (Å²) in [4.78, 5) is 47.7. The van der Waals surface area contributed by atoms with Gasteiger partial charge in [-0.15, -0.1) is 0 Å². The zero-order chi connectivity index (χ0) is 19.5. The molecule has 0 radical (unpaired) electrons. The number of nitrogens with two attached hydrogens (primary N) is 1. The number of nitrogens with zero attached hydrogens (tertiary/aromatic N) is 5. The van der Waals surface area contributed by atoms with Gasteiger partial charge in [0.25, 0.3) is 5.91 Å². The third-order valence-corrected chi connectivity index (χ3v) is 5.22. The second kappa shape index (κ2) is 5.83. The number of carbonyl (C=O) groups excluding carboxylic acids is 3. The van der Waals surface area contributed by atoms with E-state index in [1.807, 2.05) is 54.0 Å². The van der Waals surface area contributed by atoms with E-state index < -0.39 is 36.6 Å². The number of fused-ring (bicyclic) bond motifs is 3. The number of benzene rings is 1. The normalized spacial score (nSPS) is 24.5. The van der Waals surface area contributed by atoms with Crippen LogP contribution in [0, 0.1) is 0 Å². The fraction of sp³-hybridized carbons (Fsp3) is 0.333. The predicted octanol–water partition coefficient (Wildman–Crippen LogP) is 0.504. The Bertz CT molecular complexity index is 909. The lowest BCUT2D eigenvalue weighted by Gasteiger charge is -2.40. The van der Waals surface area contributed by atoms with Crippen LogP contribution < -0.4 is 10.6 Å². The van der Waals surface area contributed by atoms with Crippen molar-refractivity contribution < 1.29 is 14.4 Å². The number of aliphatic imine (C=N–C) groups is 1. The smallest absolute Gasteiger partial charge is 0.328 e. The predicted molar refractivity (Wildman–Crippen MR) is 98.2 cm³/mol. The fourth-order valence-electron chi connectivity index (χ4n) is 3.80. The van der Waals surface area contributed by atoms with E-state index in [1.165, 1.54) is 4.90 Å². The molecule has 4 amide bonds. The summed E-state index contributed by atoms with van der Waals surface area (Å²) in [5, 5.41) is 0. The number of para-hydroxylation sites is 1. The van der Waals surface area contributed by atoms with Crippen LogP contribution in [0.25, 0.3) is 0 Å². The van der Waals surface area contributed by atoms with Gasteiger partial charge in [-0.05, 0) is 26.0 Å². The summed E-state index contributed by atoms with van der Waals surface area (Å²) in [7, 11) is 1.57. The summed E-state index contributed by atoms with van der Waals surface area (Å²) >= 11 is 0. The van der Waals surface area contributed by atoms with Gasteiger partial charge in [0.15, 0.2) is 12.2 Å². The van der Waals surface area contributed by atoms with E-state index in [2.05, 4.69) is 0 Å². The first-order valence-corrected chi connectivity index (χ1v) is 8.59. The number of likely N-dealkylation sites (N-methyl/N-ethyl adjacent to an activating group) is 1. The maximum Gasteiger partial charge on any atom is 0.328 e. The molecule has 0 bridgehead atoms. The number of rotatable bonds is 3. The van der Waals surface area contributed by atoms with Crippen molar-refractivity contribution >= 4 is 29.5 Å². The average Bonchev–Trinajstić information content (AvgIpc) is 3.14. The molecule has 3 aliphatic heterocycles. The third-order valence-electron chi connectivity index (χ3n) is 5.22. The molecule has 3 aliphatic rings. The lowest BCUT2D eigenvalue weighted by molar-refractivity contribution is -0.139. The van der Waals surface area contributed by atoms with Crippen LogP contribution >= 0.6 is 0 Å². The molecule has 1 fully saturated rings. The summed E-state index contributed by atoms with van der Waals surface area (Å²) in [6.45, 7) is 3.43. The Labute approximate surface area is 156 Å². The maximum absolute atomic E-state index is 13.1. The molecular weight excluding hydrogens is 348 g/mol. The Balaban J connectivity index is 1.77. The summed E-state index contributed by atoms with van der Waals surface area (Å²) in [6, 6.07) is 8.41. The Morgan fingerprint density at radius 3 is 2.44 bits per heavy atom. The summed E-state index contributed by atoms with van der Waals surface area (Å²) in [6.07, 6.45) is -0.654. The molecule has 0 saturated carbocycles. The van der Waals surface area contributed by atoms with Crippen molar-refractivity contribution in [1.29, 1.82) is 0 Å². The van der Waals surface area contributed by atoms with E-state index in [0.717, 1.165) is 22.0 Å². The number of hydrogen-bond donors (Lipinski definition) is 1. The van der Waals surface area contributed by atoms with Crippen LogP contribution in [0.4, 0.5) is 10.5 Å². The van der Waals surface area contributed by atoms with Gasteiger partial charge >= 0.3 is 6.03 Å². The van der Waals surface area contributed by atoms with Crippen LogP contribution in [0.3, 0.4) is 0 Å². The number of hydrogen-bond acceptors (Lipinski definition) is 6. The molecule has 0 aliphatic carbocycles. The number of carbonyl (C=O) groups is 3. The number of guanidine groups is 1. The molecule has 1 aromatic carbocycles. The molecule has 1 aromatic rings. The van der Waals surface area contributed by atoms with Gasteiger partial charge in [-0.25, -0.2) is 9.79 Å². The third kappa shape index (κ3) is 2.31. The van der Waals surface area contributed by atoms with E-state index in [1.54, 1.807) is 7.05 Å². The minimum atomic E-state index is -0.738. The number of urea groups is 1. The molecule has 1 saturated heterocycles. The van der Waals surface area contributed by atoms with Crippen molar-refractivity contribution in [2.75, 3.05) is 18.5 Å². The first-order chi connectivity index (χ1) is 12.8. The van der Waals surface area contributed by atoms with Crippen molar-refractivity contribution in [3.05, 3.63) is 41.7 Å². The molecule has 4 rings (SSSR count). The highest BCUT2D eigenvalue weighted by Gasteiger charge is 2.56. The van der Waals surface area contributed by atoms with Crippen LogP contribution in [0.5, 0.6) is 0 Å². The SMILES string of the molecule is CC1=C(C)N2C(=NC3C2C(=O)N(CC(N)=O)C(=O)N3C)N1c1ccccc1.